The number of amides is 1. The van der Waals surface area contributed by atoms with Crippen molar-refractivity contribution in [1.29, 1.82) is 0 Å². The molecule has 8 nitrogen and oxygen atoms in total. The molecule has 3 aromatic rings. The van der Waals surface area contributed by atoms with E-state index >= 15 is 0 Å². The first-order chi connectivity index (χ1) is 15.0. The molecular formula is C23H29N7O. The van der Waals surface area contributed by atoms with Crippen LogP contribution in [0.1, 0.15) is 41.3 Å². The lowest BCUT2D eigenvalue weighted by molar-refractivity contribution is 0.0399. The highest BCUT2D eigenvalue weighted by Crippen LogP contribution is 2.32. The minimum absolute atomic E-state index is 0.0127. The van der Waals surface area contributed by atoms with Crippen molar-refractivity contribution in [3.05, 3.63) is 47.5 Å². The lowest BCUT2D eigenvalue weighted by Gasteiger charge is -2.47. The third-order valence-electron chi connectivity index (χ3n) is 6.84. The van der Waals surface area contributed by atoms with Crippen LogP contribution in [0.25, 0.3) is 11.2 Å². The molecule has 1 saturated heterocycles. The first-order valence-electron chi connectivity index (χ1n) is 11.0. The van der Waals surface area contributed by atoms with Crippen molar-refractivity contribution in [2.24, 2.45) is 0 Å². The van der Waals surface area contributed by atoms with Gasteiger partial charge in [-0.1, -0.05) is 18.2 Å². The Morgan fingerprint density at radius 2 is 2.00 bits per heavy atom. The number of rotatable bonds is 4. The van der Waals surface area contributed by atoms with Crippen LogP contribution in [0.15, 0.2) is 30.9 Å². The van der Waals surface area contributed by atoms with Gasteiger partial charge in [0.25, 0.3) is 5.91 Å². The summed E-state index contributed by atoms with van der Waals surface area (Å²) in [5.41, 5.74) is 4.52. The number of likely N-dealkylation sites (tertiary alicyclic amines) is 1. The number of fused-ring (bicyclic) bond motifs is 2. The van der Waals surface area contributed by atoms with Crippen LogP contribution < -0.4 is 5.32 Å². The van der Waals surface area contributed by atoms with Crippen LogP contribution in [0, 0.1) is 6.92 Å². The number of aromatic amines is 1. The van der Waals surface area contributed by atoms with Crippen LogP contribution in [-0.4, -0.2) is 73.9 Å². The molecule has 1 aromatic carbocycles. The number of piperidine rings is 1. The molecule has 2 aliphatic heterocycles. The topological polar surface area (TPSA) is 90.0 Å². The largest absolute Gasteiger partial charge is 0.364 e. The van der Waals surface area contributed by atoms with E-state index in [4.69, 9.17) is 0 Å². The summed E-state index contributed by atoms with van der Waals surface area (Å²) < 4.78 is 0. The summed E-state index contributed by atoms with van der Waals surface area (Å²) >= 11 is 0. The molecule has 0 saturated carbocycles. The number of hydrogen-bond acceptors (Lipinski definition) is 6. The standard InChI is InChI=1S/C23H29N7O/c1-14-5-4-6-16-11-18(15(2)28-22-20-21(25-12-24-20)26-13-27-22)30(23(31)19(14)16)17-7-9-29(3)10-8-17/h4-6,12-13,15,17-18H,7-11H2,1-3H3,(H2,24,25,26,27,28). The quantitative estimate of drug-likeness (QED) is 0.676. The molecule has 2 N–H and O–H groups in total. The number of H-pyrrole nitrogens is 1. The summed E-state index contributed by atoms with van der Waals surface area (Å²) in [4.78, 5) is 34.3. The fourth-order valence-electron chi connectivity index (χ4n) is 5.12. The lowest BCUT2D eigenvalue weighted by atomic mass is 9.85. The summed E-state index contributed by atoms with van der Waals surface area (Å²) in [6.45, 7) is 6.22. The zero-order valence-corrected chi connectivity index (χ0v) is 18.3. The molecule has 5 rings (SSSR count). The predicted molar refractivity (Wildman–Crippen MR) is 120 cm³/mol. The second-order valence-electron chi connectivity index (χ2n) is 8.88. The maximum Gasteiger partial charge on any atom is 0.254 e. The SMILES string of the molecule is Cc1cccc2c1C(=O)N(C1CCN(C)CC1)C(C(C)Nc1ncnc3nc[nH]c13)C2. The number of aryl methyl sites for hydroxylation is 1. The van der Waals surface area contributed by atoms with Crippen LogP contribution in [0.3, 0.4) is 0 Å². The average Bonchev–Trinajstić information content (AvgIpc) is 3.24. The van der Waals surface area contributed by atoms with Gasteiger partial charge in [-0.3, -0.25) is 4.79 Å². The Hall–Kier alpha value is -3.00. The molecule has 31 heavy (non-hydrogen) atoms. The monoisotopic (exact) mass is 419 g/mol. The molecule has 2 aromatic heterocycles. The number of aromatic nitrogens is 4. The van der Waals surface area contributed by atoms with Gasteiger partial charge in [0.05, 0.1) is 12.4 Å². The van der Waals surface area contributed by atoms with E-state index in [-0.39, 0.29) is 24.0 Å². The normalized spacial score (nSPS) is 21.3. The number of nitrogens with one attached hydrogen (secondary N) is 2. The zero-order chi connectivity index (χ0) is 21.5. The highest BCUT2D eigenvalue weighted by Gasteiger charge is 2.40. The van der Waals surface area contributed by atoms with Gasteiger partial charge in [0.2, 0.25) is 0 Å². The van der Waals surface area contributed by atoms with Gasteiger partial charge in [-0.2, -0.15) is 0 Å². The summed E-state index contributed by atoms with van der Waals surface area (Å²) in [5.74, 6) is 0.891. The van der Waals surface area contributed by atoms with Gasteiger partial charge in [0, 0.05) is 17.6 Å². The van der Waals surface area contributed by atoms with Crippen molar-refractivity contribution >= 4 is 22.9 Å². The van der Waals surface area contributed by atoms with Crippen LogP contribution >= 0.6 is 0 Å². The molecule has 2 aliphatic rings. The molecule has 8 heteroatoms. The van der Waals surface area contributed by atoms with E-state index < -0.39 is 0 Å². The second-order valence-corrected chi connectivity index (χ2v) is 8.88. The Kier molecular flexibility index (Phi) is 5.09. The predicted octanol–water partition coefficient (Wildman–Crippen LogP) is 2.62. The van der Waals surface area contributed by atoms with E-state index in [2.05, 4.69) is 61.2 Å². The van der Waals surface area contributed by atoms with E-state index in [0.29, 0.717) is 5.65 Å². The van der Waals surface area contributed by atoms with Crippen molar-refractivity contribution in [3.8, 4) is 0 Å². The van der Waals surface area contributed by atoms with Gasteiger partial charge in [0.15, 0.2) is 11.5 Å². The fourth-order valence-corrected chi connectivity index (χ4v) is 5.12. The van der Waals surface area contributed by atoms with E-state index in [0.717, 1.165) is 60.4 Å². The number of anilines is 1. The van der Waals surface area contributed by atoms with Gasteiger partial charge in [-0.05, 0) is 64.4 Å². The number of benzene rings is 1. The minimum atomic E-state index is 0.0127. The summed E-state index contributed by atoms with van der Waals surface area (Å²) in [5, 5.41) is 3.56. The molecule has 162 valence electrons. The Morgan fingerprint density at radius 3 is 2.81 bits per heavy atom. The zero-order valence-electron chi connectivity index (χ0n) is 18.3. The number of carbonyl (C=O) groups excluding carboxylic acids is 1. The molecule has 1 amide bonds. The van der Waals surface area contributed by atoms with Crippen LogP contribution in [0.2, 0.25) is 0 Å². The smallest absolute Gasteiger partial charge is 0.254 e. The molecular weight excluding hydrogens is 390 g/mol. The Labute approximate surface area is 182 Å². The third-order valence-corrected chi connectivity index (χ3v) is 6.84. The molecule has 0 radical (unpaired) electrons. The van der Waals surface area contributed by atoms with Gasteiger partial charge >= 0.3 is 0 Å². The second kappa shape index (κ2) is 7.92. The fraction of sp³-hybridized carbons (Fsp3) is 0.478. The molecule has 2 atom stereocenters. The van der Waals surface area contributed by atoms with Crippen LogP contribution in [0.4, 0.5) is 5.82 Å². The first kappa shape index (κ1) is 19.9. The van der Waals surface area contributed by atoms with Crippen molar-refractivity contribution < 1.29 is 4.79 Å². The molecule has 4 heterocycles. The Balaban J connectivity index is 1.49. The van der Waals surface area contributed by atoms with Crippen molar-refractivity contribution in [2.45, 2.75) is 51.2 Å². The van der Waals surface area contributed by atoms with E-state index in [1.54, 1.807) is 6.33 Å². The highest BCUT2D eigenvalue weighted by atomic mass is 16.2. The molecule has 2 unspecified atom stereocenters. The summed E-state index contributed by atoms with van der Waals surface area (Å²) in [7, 11) is 2.15. The number of hydrogen-bond donors (Lipinski definition) is 2. The summed E-state index contributed by atoms with van der Waals surface area (Å²) in [6.07, 6.45) is 6.00. The molecule has 0 bridgehead atoms. The number of imidazole rings is 1. The molecule has 0 spiro atoms. The van der Waals surface area contributed by atoms with Gasteiger partial charge in [0.1, 0.15) is 11.8 Å². The minimum Gasteiger partial charge on any atom is -0.364 e. The highest BCUT2D eigenvalue weighted by molar-refractivity contribution is 5.98. The molecule has 0 aliphatic carbocycles. The summed E-state index contributed by atoms with van der Waals surface area (Å²) in [6, 6.07) is 6.51. The van der Waals surface area contributed by atoms with E-state index in [1.807, 2.05) is 13.0 Å². The van der Waals surface area contributed by atoms with Crippen molar-refractivity contribution in [1.82, 2.24) is 29.7 Å². The average molecular weight is 420 g/mol. The maximum absolute atomic E-state index is 13.8. The van der Waals surface area contributed by atoms with Gasteiger partial charge in [-0.25, -0.2) is 15.0 Å². The van der Waals surface area contributed by atoms with Crippen LogP contribution in [0.5, 0.6) is 0 Å². The van der Waals surface area contributed by atoms with Crippen molar-refractivity contribution in [2.75, 3.05) is 25.5 Å². The lowest BCUT2D eigenvalue weighted by Crippen LogP contribution is -2.58. The third kappa shape index (κ3) is 3.54. The Morgan fingerprint density at radius 1 is 1.19 bits per heavy atom. The molecule has 1 fully saturated rings. The first-order valence-corrected chi connectivity index (χ1v) is 11.0. The van der Waals surface area contributed by atoms with Crippen LogP contribution in [-0.2, 0) is 6.42 Å². The number of carbonyl (C=O) groups is 1. The number of nitrogens with zero attached hydrogens (tertiary/aromatic N) is 5. The van der Waals surface area contributed by atoms with Crippen molar-refractivity contribution in [3.63, 3.8) is 0 Å². The van der Waals surface area contributed by atoms with Gasteiger partial charge < -0.3 is 20.1 Å². The van der Waals surface area contributed by atoms with Gasteiger partial charge in [-0.15, -0.1) is 0 Å². The maximum atomic E-state index is 13.8. The Bertz CT molecular complexity index is 1100. The van der Waals surface area contributed by atoms with E-state index in [1.165, 1.54) is 6.33 Å². The van der Waals surface area contributed by atoms with E-state index in [9.17, 15) is 4.79 Å².